The van der Waals surface area contributed by atoms with Gasteiger partial charge in [-0.1, -0.05) is 26.7 Å². The van der Waals surface area contributed by atoms with Crippen LogP contribution in [0.5, 0.6) is 0 Å². The second-order valence-corrected chi connectivity index (χ2v) is 6.40. The molecule has 2 atom stereocenters. The van der Waals surface area contributed by atoms with E-state index in [1.165, 1.54) is 31.4 Å². The molecule has 1 heterocycles. The molecular weight excluding hydrogens is 260 g/mol. The first-order valence-electron chi connectivity index (χ1n) is 7.94. The molecule has 1 aliphatic rings. The zero-order valence-corrected chi connectivity index (χ0v) is 12.9. The van der Waals surface area contributed by atoms with Gasteiger partial charge in [0.2, 0.25) is 0 Å². The second-order valence-electron chi connectivity index (χ2n) is 6.40. The van der Waals surface area contributed by atoms with Crippen molar-refractivity contribution in [3.8, 4) is 5.69 Å². The lowest BCUT2D eigenvalue weighted by Crippen LogP contribution is -2.29. The summed E-state index contributed by atoms with van der Waals surface area (Å²) in [7, 11) is 0. The predicted molar refractivity (Wildman–Crippen MR) is 85.6 cm³/mol. The van der Waals surface area contributed by atoms with Crippen LogP contribution in [-0.2, 0) is 0 Å². The quantitative estimate of drug-likeness (QED) is 0.926. The van der Waals surface area contributed by atoms with Gasteiger partial charge in [-0.2, -0.15) is 5.10 Å². The van der Waals surface area contributed by atoms with E-state index < -0.39 is 0 Å². The van der Waals surface area contributed by atoms with Crippen molar-refractivity contribution in [2.45, 2.75) is 45.6 Å². The number of nitrogens with one attached hydrogen (secondary N) is 1. The molecule has 112 valence electrons. The third-order valence-electron chi connectivity index (χ3n) is 4.58. The number of nitrogens with zero attached hydrogens (tertiary/aromatic N) is 3. The van der Waals surface area contributed by atoms with Crippen LogP contribution in [-0.4, -0.2) is 20.8 Å². The molecule has 0 radical (unpaired) electrons. The largest absolute Gasteiger partial charge is 0.382 e. The van der Waals surface area contributed by atoms with Gasteiger partial charge in [-0.3, -0.25) is 0 Å². The Morgan fingerprint density at radius 1 is 1.19 bits per heavy atom. The highest BCUT2D eigenvalue weighted by Gasteiger charge is 2.23. The van der Waals surface area contributed by atoms with Crippen LogP contribution in [0, 0.1) is 11.8 Å². The van der Waals surface area contributed by atoms with Crippen molar-refractivity contribution in [1.29, 1.82) is 0 Å². The van der Waals surface area contributed by atoms with Gasteiger partial charge in [-0.15, -0.1) is 0 Å². The Labute approximate surface area is 126 Å². The van der Waals surface area contributed by atoms with Gasteiger partial charge < -0.3 is 5.32 Å². The Morgan fingerprint density at radius 2 is 2.00 bits per heavy atom. The highest BCUT2D eigenvalue weighted by Crippen LogP contribution is 2.31. The fourth-order valence-electron chi connectivity index (χ4n) is 3.25. The molecule has 0 saturated heterocycles. The predicted octanol–water partition coefficient (Wildman–Crippen LogP) is 3.89. The molecule has 0 bridgehead atoms. The Balaban J connectivity index is 1.62. The number of hydrogen-bond donors (Lipinski definition) is 1. The van der Waals surface area contributed by atoms with Gasteiger partial charge in [0.15, 0.2) is 0 Å². The standard InChI is InChI=1S/C17H24N4/c1-13(2)14-4-3-5-16(10-14)20-15-6-8-17(9-7-15)21-12-18-11-19-21/h6-9,11-14,16,20H,3-5,10H2,1-2H3. The lowest BCUT2D eigenvalue weighted by molar-refractivity contribution is 0.264. The molecule has 0 spiro atoms. The zero-order chi connectivity index (χ0) is 14.7. The van der Waals surface area contributed by atoms with Crippen LogP contribution in [0.25, 0.3) is 5.69 Å². The monoisotopic (exact) mass is 284 g/mol. The second kappa shape index (κ2) is 6.29. The number of anilines is 1. The molecule has 1 fully saturated rings. The lowest BCUT2D eigenvalue weighted by atomic mass is 9.79. The van der Waals surface area contributed by atoms with Crippen LogP contribution < -0.4 is 5.32 Å². The molecule has 4 nitrogen and oxygen atoms in total. The number of hydrogen-bond acceptors (Lipinski definition) is 3. The SMILES string of the molecule is CC(C)C1CCCC(Nc2ccc(-n3cncn3)cc2)C1. The van der Waals surface area contributed by atoms with E-state index in [2.05, 4.69) is 53.5 Å². The van der Waals surface area contributed by atoms with Gasteiger partial charge in [0.25, 0.3) is 0 Å². The van der Waals surface area contributed by atoms with E-state index in [1.54, 1.807) is 17.3 Å². The van der Waals surface area contributed by atoms with Crippen molar-refractivity contribution in [1.82, 2.24) is 14.8 Å². The molecule has 2 aromatic rings. The Bertz CT molecular complexity index is 545. The third kappa shape index (κ3) is 3.43. The summed E-state index contributed by atoms with van der Waals surface area (Å²) >= 11 is 0. The molecule has 0 amide bonds. The summed E-state index contributed by atoms with van der Waals surface area (Å²) in [6.07, 6.45) is 8.59. The van der Waals surface area contributed by atoms with Gasteiger partial charge in [0.1, 0.15) is 12.7 Å². The summed E-state index contributed by atoms with van der Waals surface area (Å²) in [5.41, 5.74) is 2.25. The summed E-state index contributed by atoms with van der Waals surface area (Å²) < 4.78 is 1.78. The Morgan fingerprint density at radius 3 is 2.67 bits per heavy atom. The van der Waals surface area contributed by atoms with Crippen LogP contribution in [0.15, 0.2) is 36.9 Å². The maximum atomic E-state index is 4.15. The minimum absolute atomic E-state index is 0.614. The fourth-order valence-corrected chi connectivity index (χ4v) is 3.25. The highest BCUT2D eigenvalue weighted by molar-refractivity contribution is 5.49. The summed E-state index contributed by atoms with van der Waals surface area (Å²) in [5, 5.41) is 7.84. The van der Waals surface area contributed by atoms with Crippen molar-refractivity contribution in [3.05, 3.63) is 36.9 Å². The van der Waals surface area contributed by atoms with Crippen LogP contribution in [0.1, 0.15) is 39.5 Å². The molecule has 4 heteroatoms. The van der Waals surface area contributed by atoms with Crippen LogP contribution in [0.3, 0.4) is 0 Å². The van der Waals surface area contributed by atoms with Crippen LogP contribution >= 0.6 is 0 Å². The minimum atomic E-state index is 0.614. The summed E-state index contributed by atoms with van der Waals surface area (Å²) in [6, 6.07) is 9.05. The molecule has 1 saturated carbocycles. The van der Waals surface area contributed by atoms with Crippen LogP contribution in [0.4, 0.5) is 5.69 Å². The normalized spacial score (nSPS) is 22.4. The van der Waals surface area contributed by atoms with Gasteiger partial charge in [-0.05, 0) is 48.9 Å². The molecule has 1 N–H and O–H groups in total. The van der Waals surface area contributed by atoms with E-state index in [0.717, 1.165) is 17.5 Å². The maximum absolute atomic E-state index is 4.15. The average molecular weight is 284 g/mol. The van der Waals surface area contributed by atoms with Gasteiger partial charge in [0, 0.05) is 11.7 Å². The lowest BCUT2D eigenvalue weighted by Gasteiger charge is -2.32. The molecule has 0 aliphatic heterocycles. The van der Waals surface area contributed by atoms with E-state index in [0.29, 0.717) is 6.04 Å². The fraction of sp³-hybridized carbons (Fsp3) is 0.529. The average Bonchev–Trinajstić information content (AvgIpc) is 3.02. The van der Waals surface area contributed by atoms with E-state index in [4.69, 9.17) is 0 Å². The van der Waals surface area contributed by atoms with E-state index in [9.17, 15) is 0 Å². The van der Waals surface area contributed by atoms with Crippen molar-refractivity contribution < 1.29 is 0 Å². The molecule has 1 aliphatic carbocycles. The van der Waals surface area contributed by atoms with Crippen molar-refractivity contribution in [3.63, 3.8) is 0 Å². The first kappa shape index (κ1) is 14.1. The molecule has 2 unspecified atom stereocenters. The zero-order valence-electron chi connectivity index (χ0n) is 12.9. The highest BCUT2D eigenvalue weighted by atomic mass is 15.3. The van der Waals surface area contributed by atoms with Crippen LogP contribution in [0.2, 0.25) is 0 Å². The smallest absolute Gasteiger partial charge is 0.138 e. The summed E-state index contributed by atoms with van der Waals surface area (Å²) in [6.45, 7) is 4.69. The van der Waals surface area contributed by atoms with E-state index in [1.807, 2.05) is 0 Å². The number of aromatic nitrogens is 3. The maximum Gasteiger partial charge on any atom is 0.138 e. The van der Waals surface area contributed by atoms with Crippen molar-refractivity contribution >= 4 is 5.69 Å². The Hall–Kier alpha value is -1.84. The topological polar surface area (TPSA) is 42.7 Å². The summed E-state index contributed by atoms with van der Waals surface area (Å²) in [4.78, 5) is 3.98. The number of benzene rings is 1. The first-order chi connectivity index (χ1) is 10.2. The van der Waals surface area contributed by atoms with Gasteiger partial charge in [-0.25, -0.2) is 9.67 Å². The number of rotatable bonds is 4. The van der Waals surface area contributed by atoms with Gasteiger partial charge in [0.05, 0.1) is 5.69 Å². The first-order valence-corrected chi connectivity index (χ1v) is 7.94. The Kier molecular flexibility index (Phi) is 4.23. The minimum Gasteiger partial charge on any atom is -0.382 e. The van der Waals surface area contributed by atoms with Crippen molar-refractivity contribution in [2.24, 2.45) is 11.8 Å². The molecule has 1 aromatic carbocycles. The molecule has 21 heavy (non-hydrogen) atoms. The molecule has 1 aromatic heterocycles. The van der Waals surface area contributed by atoms with E-state index in [-0.39, 0.29) is 0 Å². The summed E-state index contributed by atoms with van der Waals surface area (Å²) in [5.74, 6) is 1.66. The molecular formula is C17H24N4. The molecule has 3 rings (SSSR count). The van der Waals surface area contributed by atoms with Crippen molar-refractivity contribution in [2.75, 3.05) is 5.32 Å². The third-order valence-corrected chi connectivity index (χ3v) is 4.58. The van der Waals surface area contributed by atoms with E-state index >= 15 is 0 Å². The van der Waals surface area contributed by atoms with Gasteiger partial charge >= 0.3 is 0 Å².